The molecule has 0 fully saturated rings. The van der Waals surface area contributed by atoms with Crippen molar-refractivity contribution in [3.05, 3.63) is 75.8 Å². The van der Waals surface area contributed by atoms with Crippen molar-refractivity contribution < 1.29 is 4.79 Å². The van der Waals surface area contributed by atoms with Crippen molar-refractivity contribution in [2.24, 2.45) is 7.05 Å². The topological polar surface area (TPSA) is 99.1 Å². The van der Waals surface area contributed by atoms with Crippen LogP contribution in [0.5, 0.6) is 0 Å². The highest BCUT2D eigenvalue weighted by atomic mass is 32.2. The molecular formula is C24H23N7O2S. The molecule has 1 amide bonds. The second-order valence-electron chi connectivity index (χ2n) is 8.07. The maximum atomic E-state index is 13.4. The van der Waals surface area contributed by atoms with E-state index in [-0.39, 0.29) is 17.2 Å². The smallest absolute Gasteiger partial charge is 0.267 e. The van der Waals surface area contributed by atoms with E-state index in [2.05, 4.69) is 20.6 Å². The average Bonchev–Trinajstić information content (AvgIpc) is 3.35. The number of benzene rings is 2. The Kier molecular flexibility index (Phi) is 5.45. The van der Waals surface area contributed by atoms with E-state index in [0.29, 0.717) is 21.8 Å². The molecule has 0 spiro atoms. The van der Waals surface area contributed by atoms with Crippen molar-refractivity contribution in [3.63, 3.8) is 0 Å². The van der Waals surface area contributed by atoms with Gasteiger partial charge in [0.2, 0.25) is 11.7 Å². The highest BCUT2D eigenvalue weighted by Crippen LogP contribution is 2.25. The molecule has 0 aliphatic carbocycles. The van der Waals surface area contributed by atoms with Gasteiger partial charge in [-0.25, -0.2) is 4.57 Å². The summed E-state index contributed by atoms with van der Waals surface area (Å²) < 4.78 is 5.15. The molecular weight excluding hydrogens is 450 g/mol. The molecule has 0 unspecified atom stereocenters. The van der Waals surface area contributed by atoms with Gasteiger partial charge in [0.25, 0.3) is 5.56 Å². The number of anilines is 1. The Labute approximate surface area is 199 Å². The van der Waals surface area contributed by atoms with Crippen LogP contribution in [0.1, 0.15) is 17.0 Å². The third-order valence-corrected chi connectivity index (χ3v) is 6.79. The fraction of sp³-hybridized carbons (Fsp3) is 0.208. The molecule has 172 valence electrons. The van der Waals surface area contributed by atoms with Crippen molar-refractivity contribution in [2.75, 3.05) is 11.1 Å². The highest BCUT2D eigenvalue weighted by Gasteiger charge is 2.20. The van der Waals surface area contributed by atoms with Crippen LogP contribution in [0, 0.1) is 20.8 Å². The van der Waals surface area contributed by atoms with E-state index in [4.69, 9.17) is 0 Å². The van der Waals surface area contributed by atoms with Crippen molar-refractivity contribution in [1.82, 2.24) is 28.9 Å². The zero-order valence-electron chi connectivity index (χ0n) is 19.2. The summed E-state index contributed by atoms with van der Waals surface area (Å²) in [6.07, 6.45) is 0. The Morgan fingerprint density at radius 3 is 2.50 bits per heavy atom. The number of nitrogens with zero attached hydrogens (tertiary/aromatic N) is 6. The van der Waals surface area contributed by atoms with Crippen LogP contribution in [0.3, 0.4) is 0 Å². The fourth-order valence-corrected chi connectivity index (χ4v) is 4.80. The van der Waals surface area contributed by atoms with Crippen molar-refractivity contribution in [3.8, 4) is 5.69 Å². The third-order valence-electron chi connectivity index (χ3n) is 5.86. The number of para-hydroxylation sites is 2. The van der Waals surface area contributed by atoms with Crippen LogP contribution in [-0.2, 0) is 11.8 Å². The SMILES string of the molecule is Cc1ccccc1-n1c(=O)c2ccccc2n2c(SCC(=O)Nc3c(C)nn(C)c3C)nnc12. The zero-order chi connectivity index (χ0) is 24.0. The Balaban J connectivity index is 1.56. The number of aryl methyl sites for hydroxylation is 3. The predicted octanol–water partition coefficient (Wildman–Crippen LogP) is 3.42. The Bertz CT molecular complexity index is 1630. The standard InChI is InChI=1S/C24H23N7O2S/c1-14-9-5-7-11-18(14)30-22(33)17-10-6-8-12-19(17)31-23(30)26-27-24(31)34-13-20(32)25-21-15(2)28-29(4)16(21)3/h5-12H,13H2,1-4H3,(H,25,32). The van der Waals surface area contributed by atoms with Crippen LogP contribution in [0.2, 0.25) is 0 Å². The van der Waals surface area contributed by atoms with Crippen molar-refractivity contribution in [1.29, 1.82) is 0 Å². The number of thioether (sulfide) groups is 1. The predicted molar refractivity (Wildman–Crippen MR) is 133 cm³/mol. The molecule has 2 aromatic carbocycles. The maximum Gasteiger partial charge on any atom is 0.267 e. The van der Waals surface area contributed by atoms with E-state index in [0.717, 1.165) is 28.3 Å². The number of fused-ring (bicyclic) bond motifs is 3. The first-order chi connectivity index (χ1) is 16.4. The number of nitrogens with one attached hydrogen (secondary N) is 1. The summed E-state index contributed by atoms with van der Waals surface area (Å²) in [4.78, 5) is 26.2. The van der Waals surface area contributed by atoms with Gasteiger partial charge >= 0.3 is 0 Å². The summed E-state index contributed by atoms with van der Waals surface area (Å²) in [7, 11) is 1.84. The van der Waals surface area contributed by atoms with Crippen LogP contribution >= 0.6 is 11.8 Å². The molecule has 0 atom stereocenters. The lowest BCUT2D eigenvalue weighted by Crippen LogP contribution is -2.22. The van der Waals surface area contributed by atoms with Gasteiger partial charge in [-0.1, -0.05) is 42.1 Å². The number of amides is 1. The van der Waals surface area contributed by atoms with E-state index < -0.39 is 0 Å². The van der Waals surface area contributed by atoms with E-state index in [9.17, 15) is 9.59 Å². The summed E-state index contributed by atoms with van der Waals surface area (Å²) in [5.74, 6) is 0.365. The largest absolute Gasteiger partial charge is 0.322 e. The number of carbonyl (C=O) groups excluding carboxylic acids is 1. The molecule has 0 aliphatic heterocycles. The Morgan fingerprint density at radius 1 is 1.03 bits per heavy atom. The first-order valence-electron chi connectivity index (χ1n) is 10.7. The average molecular weight is 474 g/mol. The second-order valence-corrected chi connectivity index (χ2v) is 9.01. The molecule has 5 rings (SSSR count). The summed E-state index contributed by atoms with van der Waals surface area (Å²) in [5, 5.41) is 17.1. The summed E-state index contributed by atoms with van der Waals surface area (Å²) >= 11 is 1.27. The van der Waals surface area contributed by atoms with Crippen LogP contribution in [0.15, 0.2) is 58.5 Å². The first kappa shape index (κ1) is 21.9. The van der Waals surface area contributed by atoms with Crippen LogP contribution < -0.4 is 10.9 Å². The van der Waals surface area contributed by atoms with Crippen LogP contribution in [0.25, 0.3) is 22.4 Å². The minimum atomic E-state index is -0.169. The van der Waals surface area contributed by atoms with Gasteiger partial charge in [0.1, 0.15) is 0 Å². The van der Waals surface area contributed by atoms with Gasteiger partial charge in [0, 0.05) is 7.05 Å². The first-order valence-corrected chi connectivity index (χ1v) is 11.7. The number of hydrogen-bond donors (Lipinski definition) is 1. The second kappa shape index (κ2) is 8.45. The van der Waals surface area contributed by atoms with Crippen LogP contribution in [0.4, 0.5) is 5.69 Å². The minimum absolute atomic E-state index is 0.131. The molecule has 0 saturated heterocycles. The summed E-state index contributed by atoms with van der Waals surface area (Å²) in [5.41, 5.74) is 4.59. The zero-order valence-corrected chi connectivity index (χ0v) is 20.1. The van der Waals surface area contributed by atoms with Gasteiger partial charge in [-0.15, -0.1) is 10.2 Å². The van der Waals surface area contributed by atoms with Crippen LogP contribution in [-0.4, -0.2) is 40.6 Å². The van der Waals surface area contributed by atoms with Gasteiger partial charge in [-0.2, -0.15) is 5.10 Å². The molecule has 0 saturated carbocycles. The normalized spacial score (nSPS) is 11.4. The Morgan fingerprint density at radius 2 is 1.76 bits per heavy atom. The van der Waals surface area contributed by atoms with E-state index in [1.807, 2.05) is 74.7 Å². The molecule has 3 aromatic heterocycles. The lowest BCUT2D eigenvalue weighted by atomic mass is 10.2. The summed E-state index contributed by atoms with van der Waals surface area (Å²) in [6.45, 7) is 5.72. The third kappa shape index (κ3) is 3.56. The van der Waals surface area contributed by atoms with E-state index >= 15 is 0 Å². The van der Waals surface area contributed by atoms with E-state index in [1.165, 1.54) is 11.8 Å². The molecule has 5 aromatic rings. The number of hydrogen-bond acceptors (Lipinski definition) is 6. The molecule has 0 bridgehead atoms. The number of aromatic nitrogens is 6. The fourth-order valence-electron chi connectivity index (χ4n) is 4.06. The number of carbonyl (C=O) groups is 1. The Hall–Kier alpha value is -3.92. The molecule has 9 nitrogen and oxygen atoms in total. The van der Waals surface area contributed by atoms with Gasteiger partial charge in [-0.05, 0) is 44.5 Å². The lowest BCUT2D eigenvalue weighted by molar-refractivity contribution is -0.113. The molecule has 0 radical (unpaired) electrons. The van der Waals surface area contributed by atoms with Gasteiger partial charge in [0.15, 0.2) is 5.16 Å². The van der Waals surface area contributed by atoms with E-state index in [1.54, 1.807) is 15.3 Å². The molecule has 0 aliphatic rings. The summed E-state index contributed by atoms with van der Waals surface area (Å²) in [6, 6.07) is 15.0. The highest BCUT2D eigenvalue weighted by molar-refractivity contribution is 7.99. The lowest BCUT2D eigenvalue weighted by Gasteiger charge is -2.13. The monoisotopic (exact) mass is 473 g/mol. The van der Waals surface area contributed by atoms with Gasteiger partial charge in [-0.3, -0.25) is 18.7 Å². The van der Waals surface area contributed by atoms with Crippen molar-refractivity contribution in [2.45, 2.75) is 25.9 Å². The van der Waals surface area contributed by atoms with Gasteiger partial charge in [0.05, 0.1) is 39.4 Å². The number of rotatable bonds is 5. The molecule has 34 heavy (non-hydrogen) atoms. The molecule has 1 N–H and O–H groups in total. The molecule has 3 heterocycles. The quantitative estimate of drug-likeness (QED) is 0.393. The maximum absolute atomic E-state index is 13.4. The molecule has 10 heteroatoms. The minimum Gasteiger partial charge on any atom is -0.322 e. The van der Waals surface area contributed by atoms with Gasteiger partial charge < -0.3 is 5.32 Å². The van der Waals surface area contributed by atoms with Crippen molar-refractivity contribution >= 4 is 40.0 Å².